The van der Waals surface area contributed by atoms with E-state index < -0.39 is 11.8 Å². The van der Waals surface area contributed by atoms with Crippen LogP contribution >= 0.6 is 11.6 Å². The van der Waals surface area contributed by atoms with Crippen molar-refractivity contribution in [1.29, 1.82) is 0 Å². The second kappa shape index (κ2) is 10.8. The molecule has 2 N–H and O–H groups in total. The summed E-state index contributed by atoms with van der Waals surface area (Å²) in [5.74, 6) is -0.710. The van der Waals surface area contributed by atoms with Crippen molar-refractivity contribution >= 4 is 28.5 Å². The molecule has 0 saturated heterocycles. The van der Waals surface area contributed by atoms with Crippen molar-refractivity contribution in [1.82, 2.24) is 14.8 Å². The molecule has 0 saturated carbocycles. The van der Waals surface area contributed by atoms with Crippen LogP contribution in [0.1, 0.15) is 57.8 Å². The van der Waals surface area contributed by atoms with E-state index in [9.17, 15) is 9.90 Å². The molecule has 1 aliphatic heterocycles. The summed E-state index contributed by atoms with van der Waals surface area (Å²) < 4.78 is 29.1. The second-order valence-corrected chi connectivity index (χ2v) is 10.2. The zero-order valence-corrected chi connectivity index (χ0v) is 22.5. The van der Waals surface area contributed by atoms with Crippen molar-refractivity contribution in [2.24, 2.45) is 0 Å². The number of aromatic nitrogens is 3. The van der Waals surface area contributed by atoms with Gasteiger partial charge in [0.2, 0.25) is 0 Å². The number of hydrogen-bond donors (Lipinski definition) is 2. The minimum absolute atomic E-state index is 0.202. The molecule has 0 amide bonds. The Morgan fingerprint density at radius 2 is 1.97 bits per heavy atom. The summed E-state index contributed by atoms with van der Waals surface area (Å²) >= 11 is 6.27. The molecule has 0 unspecified atom stereocenters. The third-order valence-electron chi connectivity index (χ3n) is 7.17. The van der Waals surface area contributed by atoms with Gasteiger partial charge < -0.3 is 19.1 Å². The van der Waals surface area contributed by atoms with E-state index in [4.69, 9.17) is 21.1 Å². The highest BCUT2D eigenvalue weighted by atomic mass is 35.5. The van der Waals surface area contributed by atoms with Crippen LogP contribution in [0.5, 0.6) is 5.75 Å². The number of aryl methyl sites for hydroxylation is 5. The summed E-state index contributed by atoms with van der Waals surface area (Å²) in [7, 11) is 0. The van der Waals surface area contributed by atoms with Crippen LogP contribution in [-0.4, -0.2) is 39.1 Å². The van der Waals surface area contributed by atoms with Crippen LogP contribution in [0.3, 0.4) is 0 Å². The maximum atomic E-state index is 15.6. The van der Waals surface area contributed by atoms with Crippen molar-refractivity contribution in [3.8, 4) is 16.9 Å². The zero-order valence-electron chi connectivity index (χ0n) is 21.8. The van der Waals surface area contributed by atoms with Gasteiger partial charge in [-0.25, -0.2) is 9.18 Å². The number of carboxylic acid groups (broad SMARTS) is 1. The van der Waals surface area contributed by atoms with Crippen LogP contribution in [0.25, 0.3) is 22.0 Å². The van der Waals surface area contributed by atoms with Gasteiger partial charge in [0.25, 0.3) is 0 Å². The van der Waals surface area contributed by atoms with Crippen LogP contribution < -0.4 is 4.74 Å². The number of hydrogen-bond acceptors (Lipinski definition) is 4. The van der Waals surface area contributed by atoms with Gasteiger partial charge in [-0.1, -0.05) is 11.6 Å². The van der Waals surface area contributed by atoms with Crippen molar-refractivity contribution in [3.05, 3.63) is 68.9 Å². The van der Waals surface area contributed by atoms with E-state index >= 15 is 4.39 Å². The normalized spacial score (nSPS) is 13.8. The SMILES string of the molecule is Cc1cc(OCCCc2c(C(=O)O)n3c4c(c(F)ccc24)-c2c(C)n[nH]c2COCCCC3)cc(C)c1Cl. The molecule has 1 aliphatic rings. The number of carboxylic acids is 1. The fraction of sp³-hybridized carbons (Fsp3) is 0.379. The number of benzene rings is 2. The lowest BCUT2D eigenvalue weighted by Crippen LogP contribution is -2.12. The van der Waals surface area contributed by atoms with E-state index in [0.717, 1.165) is 33.7 Å². The van der Waals surface area contributed by atoms with Crippen molar-refractivity contribution < 1.29 is 23.8 Å². The maximum absolute atomic E-state index is 15.6. The highest BCUT2D eigenvalue weighted by Gasteiger charge is 2.28. The molecule has 2 aromatic heterocycles. The zero-order chi connectivity index (χ0) is 27.0. The van der Waals surface area contributed by atoms with Crippen LogP contribution in [0.15, 0.2) is 24.3 Å². The average molecular weight is 540 g/mol. The summed E-state index contributed by atoms with van der Waals surface area (Å²) in [6.45, 7) is 7.35. The Morgan fingerprint density at radius 1 is 1.21 bits per heavy atom. The molecule has 0 fully saturated rings. The van der Waals surface area contributed by atoms with E-state index in [2.05, 4.69) is 10.2 Å². The van der Waals surface area contributed by atoms with E-state index in [1.54, 1.807) is 10.6 Å². The number of carbonyl (C=O) groups is 1. The summed E-state index contributed by atoms with van der Waals surface area (Å²) in [6, 6.07) is 6.92. The molecule has 4 aromatic rings. The Bertz CT molecular complexity index is 1500. The van der Waals surface area contributed by atoms with Gasteiger partial charge in [-0.2, -0.15) is 5.10 Å². The molecular formula is C29H31ClFN3O4. The molecule has 0 aliphatic carbocycles. The quantitative estimate of drug-likeness (QED) is 0.264. The first-order valence-electron chi connectivity index (χ1n) is 12.9. The molecule has 0 spiro atoms. The Kier molecular flexibility index (Phi) is 7.45. The predicted octanol–water partition coefficient (Wildman–Crippen LogP) is 6.77. The third-order valence-corrected chi connectivity index (χ3v) is 7.77. The average Bonchev–Trinajstić information content (AvgIpc) is 3.38. The Labute approximate surface area is 225 Å². The molecule has 9 heteroatoms. The number of ether oxygens (including phenoxy) is 2. The van der Waals surface area contributed by atoms with Crippen molar-refractivity contribution in [2.45, 2.75) is 59.6 Å². The fourth-order valence-corrected chi connectivity index (χ4v) is 5.56. The third kappa shape index (κ3) is 4.78. The van der Waals surface area contributed by atoms with Gasteiger partial charge in [0.1, 0.15) is 17.3 Å². The van der Waals surface area contributed by atoms with E-state index in [1.807, 2.05) is 32.9 Å². The standard InChI is InChI=1S/C29H31ClFN3O4/c1-16-13-19(14-17(2)26(16)30)38-12-6-7-20-21-8-9-22(31)25-24-18(3)32-33-23(24)15-37-11-5-4-10-34(27(21)25)28(20)29(35)36/h8-9,13-14H,4-7,10-12,15H2,1-3H3,(H,32,33)(H,35,36). The fourth-order valence-electron chi connectivity index (χ4n) is 5.45. The van der Waals surface area contributed by atoms with Gasteiger partial charge in [-0.3, -0.25) is 5.10 Å². The summed E-state index contributed by atoms with van der Waals surface area (Å²) in [5.41, 5.74) is 5.70. The van der Waals surface area contributed by atoms with Gasteiger partial charge in [0.15, 0.2) is 0 Å². The molecule has 0 atom stereocenters. The van der Waals surface area contributed by atoms with Gasteiger partial charge in [0.05, 0.1) is 30.1 Å². The number of H-pyrrole nitrogens is 1. The van der Waals surface area contributed by atoms with E-state index in [0.29, 0.717) is 72.6 Å². The molecule has 0 bridgehead atoms. The summed E-state index contributed by atoms with van der Waals surface area (Å²) in [5, 5.41) is 19.1. The molecular weight excluding hydrogens is 509 g/mol. The topological polar surface area (TPSA) is 89.4 Å². The molecule has 5 rings (SSSR count). The van der Waals surface area contributed by atoms with Crippen LogP contribution in [-0.2, 0) is 24.3 Å². The lowest BCUT2D eigenvalue weighted by molar-refractivity contribution is 0.0683. The maximum Gasteiger partial charge on any atom is 0.352 e. The van der Waals surface area contributed by atoms with Gasteiger partial charge in [-0.15, -0.1) is 0 Å². The lowest BCUT2D eigenvalue weighted by atomic mass is 9.97. The Hall–Kier alpha value is -3.36. The second-order valence-electron chi connectivity index (χ2n) is 9.85. The summed E-state index contributed by atoms with van der Waals surface area (Å²) in [4.78, 5) is 12.6. The van der Waals surface area contributed by atoms with Crippen LogP contribution in [0.2, 0.25) is 5.02 Å². The highest BCUT2D eigenvalue weighted by Crippen LogP contribution is 2.40. The predicted molar refractivity (Wildman–Crippen MR) is 145 cm³/mol. The first-order chi connectivity index (χ1) is 18.3. The number of rotatable bonds is 6. The number of fused-ring (bicyclic) bond motifs is 2. The number of aromatic amines is 1. The smallest absolute Gasteiger partial charge is 0.352 e. The lowest BCUT2D eigenvalue weighted by Gasteiger charge is -2.12. The van der Waals surface area contributed by atoms with Gasteiger partial charge in [-0.05, 0) is 87.4 Å². The van der Waals surface area contributed by atoms with Gasteiger partial charge in [0, 0.05) is 34.7 Å². The van der Waals surface area contributed by atoms with Crippen molar-refractivity contribution in [3.63, 3.8) is 0 Å². The Morgan fingerprint density at radius 3 is 2.71 bits per heavy atom. The minimum atomic E-state index is -1.03. The van der Waals surface area contributed by atoms with Crippen molar-refractivity contribution in [2.75, 3.05) is 13.2 Å². The number of halogens is 2. The molecule has 2 aromatic carbocycles. The first-order valence-corrected chi connectivity index (χ1v) is 13.2. The molecule has 38 heavy (non-hydrogen) atoms. The first kappa shape index (κ1) is 26.3. The van der Waals surface area contributed by atoms with Crippen LogP contribution in [0, 0.1) is 26.6 Å². The largest absolute Gasteiger partial charge is 0.494 e. The van der Waals surface area contributed by atoms with Crippen LogP contribution in [0.4, 0.5) is 4.39 Å². The monoisotopic (exact) mass is 539 g/mol. The van der Waals surface area contributed by atoms with E-state index in [-0.39, 0.29) is 12.3 Å². The molecule has 7 nitrogen and oxygen atoms in total. The molecule has 3 heterocycles. The summed E-state index contributed by atoms with van der Waals surface area (Å²) in [6.07, 6.45) is 2.54. The number of aromatic carboxylic acids is 1. The number of nitrogens with one attached hydrogen (secondary N) is 1. The number of nitrogens with zero attached hydrogens (tertiary/aromatic N) is 2. The van der Waals surface area contributed by atoms with E-state index in [1.165, 1.54) is 6.07 Å². The molecule has 200 valence electrons. The minimum Gasteiger partial charge on any atom is -0.494 e. The Balaban J connectivity index is 1.56. The highest BCUT2D eigenvalue weighted by molar-refractivity contribution is 6.32. The van der Waals surface area contributed by atoms with Gasteiger partial charge >= 0.3 is 5.97 Å². The molecule has 0 radical (unpaired) electrons.